The molecule has 0 unspecified atom stereocenters. The lowest BCUT2D eigenvalue weighted by molar-refractivity contribution is 0.0285. The number of ether oxygens (including phenoxy) is 1. The molecule has 166 valence electrons. The third kappa shape index (κ3) is 5.25. The Morgan fingerprint density at radius 3 is 2.61 bits per heavy atom. The van der Waals surface area contributed by atoms with Gasteiger partial charge in [0, 0.05) is 26.2 Å². The van der Waals surface area contributed by atoms with Gasteiger partial charge in [-0.25, -0.2) is 14.2 Å². The maximum Gasteiger partial charge on any atom is 0.410 e. The van der Waals surface area contributed by atoms with Crippen molar-refractivity contribution in [1.29, 1.82) is 0 Å². The van der Waals surface area contributed by atoms with Gasteiger partial charge in [0.1, 0.15) is 11.4 Å². The van der Waals surface area contributed by atoms with E-state index >= 15 is 0 Å². The van der Waals surface area contributed by atoms with Crippen LogP contribution in [-0.2, 0) is 11.2 Å². The Morgan fingerprint density at radius 1 is 1.13 bits per heavy atom. The molecule has 1 saturated heterocycles. The number of nitrogens with zero attached hydrogens (tertiary/aromatic N) is 2. The third-order valence-corrected chi connectivity index (χ3v) is 5.99. The van der Waals surface area contributed by atoms with Gasteiger partial charge in [-0.3, -0.25) is 5.43 Å². The van der Waals surface area contributed by atoms with Crippen LogP contribution in [0.25, 0.3) is 0 Å². The van der Waals surface area contributed by atoms with Gasteiger partial charge in [0.05, 0.1) is 6.04 Å². The molecular weight excluding hydrogens is 393 g/mol. The van der Waals surface area contributed by atoms with Crippen LogP contribution in [0, 0.1) is 11.7 Å². The second-order valence-electron chi connectivity index (χ2n) is 9.54. The zero-order valence-electron chi connectivity index (χ0n) is 18.6. The molecule has 2 heterocycles. The smallest absolute Gasteiger partial charge is 0.410 e. The van der Waals surface area contributed by atoms with Crippen LogP contribution in [0.15, 0.2) is 48.5 Å². The van der Waals surface area contributed by atoms with Crippen molar-refractivity contribution in [2.75, 3.05) is 26.2 Å². The van der Waals surface area contributed by atoms with Crippen LogP contribution in [-0.4, -0.2) is 47.8 Å². The Bertz CT molecular complexity index is 910. The number of amides is 1. The van der Waals surface area contributed by atoms with E-state index in [0.29, 0.717) is 12.5 Å². The lowest BCUT2D eigenvalue weighted by Crippen LogP contribution is -2.47. The lowest BCUT2D eigenvalue weighted by Gasteiger charge is -2.38. The quantitative estimate of drug-likeness (QED) is 0.782. The van der Waals surface area contributed by atoms with Gasteiger partial charge in [0.15, 0.2) is 0 Å². The summed E-state index contributed by atoms with van der Waals surface area (Å²) in [4.78, 5) is 14.2. The Kier molecular flexibility index (Phi) is 6.30. The SMILES string of the molecule is CC(C)(C)OC(=O)N1CC[C@H](CNN2CCc3ccccc3[C@@H]2c2ccc(F)cc2)C1. The standard InChI is InChI=1S/C25H32FN3O2/c1-25(2,3)31-24(30)28-14-12-18(17-28)16-27-29-15-13-19-6-4-5-7-22(19)23(29)20-8-10-21(26)11-9-20/h4-11,18,23,27H,12-17H2,1-3H3/t18-,23+/m1/s1. The molecule has 1 N–H and O–H groups in total. The second kappa shape index (κ2) is 8.97. The van der Waals surface area contributed by atoms with Gasteiger partial charge in [-0.05, 0) is 68.4 Å². The Balaban J connectivity index is 1.43. The first kappa shape index (κ1) is 21.8. The average molecular weight is 426 g/mol. The van der Waals surface area contributed by atoms with Crippen LogP contribution in [0.3, 0.4) is 0 Å². The zero-order chi connectivity index (χ0) is 22.0. The van der Waals surface area contributed by atoms with Gasteiger partial charge in [-0.15, -0.1) is 0 Å². The highest BCUT2D eigenvalue weighted by atomic mass is 19.1. The Morgan fingerprint density at radius 2 is 1.87 bits per heavy atom. The van der Waals surface area contributed by atoms with Gasteiger partial charge in [-0.1, -0.05) is 36.4 Å². The molecule has 31 heavy (non-hydrogen) atoms. The largest absolute Gasteiger partial charge is 0.444 e. The first-order valence-electron chi connectivity index (χ1n) is 11.1. The summed E-state index contributed by atoms with van der Waals surface area (Å²) < 4.78 is 19.0. The number of hydrogen-bond donors (Lipinski definition) is 1. The summed E-state index contributed by atoms with van der Waals surface area (Å²) in [6.07, 6.45) is 1.69. The van der Waals surface area contributed by atoms with Crippen molar-refractivity contribution in [3.63, 3.8) is 0 Å². The molecular formula is C25H32FN3O2. The van der Waals surface area contributed by atoms with Crippen molar-refractivity contribution < 1.29 is 13.9 Å². The number of carbonyl (C=O) groups excluding carboxylic acids is 1. The summed E-state index contributed by atoms with van der Waals surface area (Å²) in [5.41, 5.74) is 6.83. The van der Waals surface area contributed by atoms with Crippen molar-refractivity contribution in [3.8, 4) is 0 Å². The summed E-state index contributed by atoms with van der Waals surface area (Å²) in [6, 6.07) is 15.3. The first-order chi connectivity index (χ1) is 14.8. The molecule has 2 aromatic carbocycles. The molecule has 2 atom stereocenters. The molecule has 0 spiro atoms. The maximum absolute atomic E-state index is 13.5. The number of fused-ring (bicyclic) bond motifs is 1. The minimum atomic E-state index is -0.475. The highest BCUT2D eigenvalue weighted by molar-refractivity contribution is 5.68. The van der Waals surface area contributed by atoms with Gasteiger partial charge < -0.3 is 9.64 Å². The number of nitrogens with one attached hydrogen (secondary N) is 1. The minimum absolute atomic E-state index is 0.0360. The van der Waals surface area contributed by atoms with E-state index in [9.17, 15) is 9.18 Å². The van der Waals surface area contributed by atoms with Gasteiger partial charge in [0.2, 0.25) is 0 Å². The summed E-state index contributed by atoms with van der Waals surface area (Å²) in [5.74, 6) is 0.152. The predicted molar refractivity (Wildman–Crippen MR) is 119 cm³/mol. The molecule has 0 radical (unpaired) electrons. The lowest BCUT2D eigenvalue weighted by atomic mass is 9.89. The molecule has 0 bridgehead atoms. The topological polar surface area (TPSA) is 44.8 Å². The van der Waals surface area contributed by atoms with E-state index in [4.69, 9.17) is 4.74 Å². The van der Waals surface area contributed by atoms with Gasteiger partial charge in [-0.2, -0.15) is 0 Å². The molecule has 2 aliphatic rings. The Hall–Kier alpha value is -2.44. The van der Waals surface area contributed by atoms with Crippen LogP contribution in [0.4, 0.5) is 9.18 Å². The van der Waals surface area contributed by atoms with Crippen LogP contribution in [0.5, 0.6) is 0 Å². The maximum atomic E-state index is 13.5. The number of hydrazine groups is 1. The van der Waals surface area contributed by atoms with Crippen molar-refractivity contribution >= 4 is 6.09 Å². The zero-order valence-corrected chi connectivity index (χ0v) is 18.6. The van der Waals surface area contributed by atoms with Crippen molar-refractivity contribution in [3.05, 3.63) is 71.0 Å². The summed E-state index contributed by atoms with van der Waals surface area (Å²) >= 11 is 0. The summed E-state index contributed by atoms with van der Waals surface area (Å²) in [5, 5.41) is 2.27. The number of hydrogen-bond acceptors (Lipinski definition) is 4. The molecule has 4 rings (SSSR count). The highest BCUT2D eigenvalue weighted by Crippen LogP contribution is 2.34. The van der Waals surface area contributed by atoms with E-state index in [1.165, 1.54) is 23.3 Å². The van der Waals surface area contributed by atoms with E-state index in [1.807, 2.05) is 32.9 Å². The number of carbonyl (C=O) groups is 1. The molecule has 6 heteroatoms. The monoisotopic (exact) mass is 425 g/mol. The number of halogens is 1. The fourth-order valence-corrected chi connectivity index (χ4v) is 4.48. The Labute approximate surface area is 184 Å². The van der Waals surface area contributed by atoms with E-state index in [0.717, 1.165) is 38.0 Å². The van der Waals surface area contributed by atoms with E-state index in [-0.39, 0.29) is 18.0 Å². The number of benzene rings is 2. The van der Waals surface area contributed by atoms with Crippen molar-refractivity contribution in [2.45, 2.75) is 45.3 Å². The van der Waals surface area contributed by atoms with Crippen LogP contribution >= 0.6 is 0 Å². The summed E-state index contributed by atoms with van der Waals surface area (Å²) in [7, 11) is 0. The summed E-state index contributed by atoms with van der Waals surface area (Å²) in [6.45, 7) is 8.77. The predicted octanol–water partition coefficient (Wildman–Crippen LogP) is 4.53. The fraction of sp³-hybridized carbons (Fsp3) is 0.480. The minimum Gasteiger partial charge on any atom is -0.444 e. The van der Waals surface area contributed by atoms with Crippen molar-refractivity contribution in [1.82, 2.24) is 15.3 Å². The van der Waals surface area contributed by atoms with Crippen LogP contribution in [0.1, 0.15) is 49.9 Å². The molecule has 2 aromatic rings. The normalized spacial score (nSPS) is 21.7. The highest BCUT2D eigenvalue weighted by Gasteiger charge is 2.32. The van der Waals surface area contributed by atoms with Crippen LogP contribution in [0.2, 0.25) is 0 Å². The number of rotatable bonds is 4. The average Bonchev–Trinajstić information content (AvgIpc) is 3.21. The van der Waals surface area contributed by atoms with E-state index in [1.54, 1.807) is 4.90 Å². The van der Waals surface area contributed by atoms with Crippen LogP contribution < -0.4 is 5.43 Å². The molecule has 0 aliphatic carbocycles. The van der Waals surface area contributed by atoms with E-state index in [2.05, 4.69) is 34.7 Å². The molecule has 5 nitrogen and oxygen atoms in total. The first-order valence-corrected chi connectivity index (χ1v) is 11.1. The second-order valence-corrected chi connectivity index (χ2v) is 9.54. The molecule has 0 saturated carbocycles. The molecule has 2 aliphatic heterocycles. The van der Waals surface area contributed by atoms with Gasteiger partial charge in [0.25, 0.3) is 0 Å². The van der Waals surface area contributed by atoms with Gasteiger partial charge >= 0.3 is 6.09 Å². The molecule has 1 amide bonds. The third-order valence-electron chi connectivity index (χ3n) is 5.99. The number of likely N-dealkylation sites (tertiary alicyclic amines) is 1. The van der Waals surface area contributed by atoms with E-state index < -0.39 is 5.60 Å². The molecule has 0 aromatic heterocycles. The fourth-order valence-electron chi connectivity index (χ4n) is 4.48. The van der Waals surface area contributed by atoms with Crippen molar-refractivity contribution in [2.24, 2.45) is 5.92 Å². The molecule has 1 fully saturated rings.